The summed E-state index contributed by atoms with van der Waals surface area (Å²) in [6, 6.07) is 55.4. The van der Waals surface area contributed by atoms with Crippen molar-refractivity contribution in [3.63, 3.8) is 0 Å². The third kappa shape index (κ3) is 5.22. The molecule has 8 rings (SSSR count). The fourth-order valence-electron chi connectivity index (χ4n) is 7.62. The van der Waals surface area contributed by atoms with Crippen LogP contribution in [-0.2, 0) is 5.41 Å². The molecule has 0 bridgehead atoms. The van der Waals surface area contributed by atoms with E-state index in [1.54, 1.807) is 0 Å². The molecule has 1 heteroatoms. The van der Waals surface area contributed by atoms with Gasteiger partial charge in [0.1, 0.15) is 0 Å². The summed E-state index contributed by atoms with van der Waals surface area (Å²) < 4.78 is 0. The van der Waals surface area contributed by atoms with E-state index in [0.717, 1.165) is 17.1 Å². The van der Waals surface area contributed by atoms with Gasteiger partial charge >= 0.3 is 0 Å². The van der Waals surface area contributed by atoms with Crippen LogP contribution >= 0.6 is 0 Å². The minimum Gasteiger partial charge on any atom is -0.310 e. The van der Waals surface area contributed by atoms with E-state index in [2.05, 4.69) is 202 Å². The smallest absolute Gasteiger partial charge is 0.0468 e. The van der Waals surface area contributed by atoms with Crippen molar-refractivity contribution >= 4 is 28.2 Å². The SMILES string of the molecule is C[C@@H]1C=CC=CC(c2ccc(N(c3ccc(-c4ccccc4)cc3)c3ccc4c(c3)-c3ccccc3C4(C)C)cc2)=C1c1ccccc1. The molecule has 0 N–H and O–H groups in total. The van der Waals surface area contributed by atoms with Gasteiger partial charge in [-0.1, -0.05) is 160 Å². The highest BCUT2D eigenvalue weighted by atomic mass is 15.1. The monoisotopic (exact) mass is 617 g/mol. The lowest BCUT2D eigenvalue weighted by molar-refractivity contribution is 0.660. The Morgan fingerprint density at radius 3 is 1.71 bits per heavy atom. The molecule has 0 radical (unpaired) electrons. The van der Waals surface area contributed by atoms with Crippen molar-refractivity contribution in [2.75, 3.05) is 4.90 Å². The highest BCUT2D eigenvalue weighted by Crippen LogP contribution is 2.50. The maximum absolute atomic E-state index is 2.40. The van der Waals surface area contributed by atoms with Crippen molar-refractivity contribution in [3.05, 3.63) is 198 Å². The lowest BCUT2D eigenvalue weighted by Crippen LogP contribution is -2.15. The summed E-state index contributed by atoms with van der Waals surface area (Å²) in [5.74, 6) is 0.301. The van der Waals surface area contributed by atoms with E-state index in [-0.39, 0.29) is 5.41 Å². The molecule has 0 heterocycles. The van der Waals surface area contributed by atoms with E-state index >= 15 is 0 Å². The summed E-state index contributed by atoms with van der Waals surface area (Å²) >= 11 is 0. The summed E-state index contributed by atoms with van der Waals surface area (Å²) in [6.45, 7) is 6.97. The first-order valence-corrected chi connectivity index (χ1v) is 16.9. The summed E-state index contributed by atoms with van der Waals surface area (Å²) in [7, 11) is 0. The van der Waals surface area contributed by atoms with E-state index in [9.17, 15) is 0 Å². The van der Waals surface area contributed by atoms with Crippen molar-refractivity contribution < 1.29 is 0 Å². The van der Waals surface area contributed by atoms with Crippen LogP contribution in [0.3, 0.4) is 0 Å². The number of anilines is 3. The van der Waals surface area contributed by atoms with Crippen molar-refractivity contribution in [2.45, 2.75) is 26.2 Å². The van der Waals surface area contributed by atoms with Crippen LogP contribution in [0.1, 0.15) is 43.0 Å². The first kappa shape index (κ1) is 29.7. The number of rotatable bonds is 6. The highest BCUT2D eigenvalue weighted by Gasteiger charge is 2.35. The maximum atomic E-state index is 2.40. The second-order valence-electron chi connectivity index (χ2n) is 13.4. The molecule has 1 atom stereocenters. The molecule has 232 valence electrons. The number of benzene rings is 6. The lowest BCUT2D eigenvalue weighted by Gasteiger charge is -2.27. The van der Waals surface area contributed by atoms with Crippen LogP contribution in [0.15, 0.2) is 176 Å². The minimum atomic E-state index is -0.0311. The summed E-state index contributed by atoms with van der Waals surface area (Å²) in [4.78, 5) is 2.40. The molecule has 2 aliphatic carbocycles. The molecule has 2 aliphatic rings. The van der Waals surface area contributed by atoms with E-state index in [1.807, 2.05) is 0 Å². The van der Waals surface area contributed by atoms with E-state index in [0.29, 0.717) is 5.92 Å². The Hall–Kier alpha value is -5.66. The third-order valence-corrected chi connectivity index (χ3v) is 10.1. The van der Waals surface area contributed by atoms with Gasteiger partial charge in [0.2, 0.25) is 0 Å². The van der Waals surface area contributed by atoms with Gasteiger partial charge in [0.15, 0.2) is 0 Å². The van der Waals surface area contributed by atoms with E-state index in [4.69, 9.17) is 0 Å². The van der Waals surface area contributed by atoms with Crippen LogP contribution in [0.5, 0.6) is 0 Å². The van der Waals surface area contributed by atoms with Gasteiger partial charge in [-0.25, -0.2) is 0 Å². The predicted octanol–water partition coefficient (Wildman–Crippen LogP) is 12.8. The van der Waals surface area contributed by atoms with Gasteiger partial charge in [0, 0.05) is 28.4 Å². The molecular weight excluding hydrogens is 579 g/mol. The topological polar surface area (TPSA) is 3.24 Å². The molecule has 0 saturated carbocycles. The highest BCUT2D eigenvalue weighted by molar-refractivity contribution is 5.98. The molecule has 0 aromatic heterocycles. The Morgan fingerprint density at radius 2 is 1.02 bits per heavy atom. The normalized spacial score (nSPS) is 15.9. The standard InChI is InChI=1S/C47H39N/c1-33-14-10-11-19-41(46(33)37-17-8-5-9-18-37)36-24-28-39(29-25-36)48(38-26-22-35(23-27-38)34-15-6-4-7-16-34)40-30-31-45-43(32-40)42-20-12-13-21-44(42)47(45,2)3/h4-33H,1-3H3/t33-/m1/s1. The molecule has 0 fully saturated rings. The summed E-state index contributed by atoms with van der Waals surface area (Å²) in [5.41, 5.74) is 16.3. The Morgan fingerprint density at radius 1 is 0.479 bits per heavy atom. The molecule has 0 unspecified atom stereocenters. The average molecular weight is 618 g/mol. The maximum Gasteiger partial charge on any atom is 0.0468 e. The Kier molecular flexibility index (Phi) is 7.54. The predicted molar refractivity (Wildman–Crippen MR) is 205 cm³/mol. The number of nitrogens with zero attached hydrogens (tertiary/aromatic N) is 1. The molecule has 48 heavy (non-hydrogen) atoms. The van der Waals surface area contributed by atoms with Crippen LogP contribution in [0.4, 0.5) is 17.1 Å². The third-order valence-electron chi connectivity index (χ3n) is 10.1. The molecule has 0 aliphatic heterocycles. The van der Waals surface area contributed by atoms with Crippen LogP contribution in [0.2, 0.25) is 0 Å². The molecule has 0 saturated heterocycles. The minimum absolute atomic E-state index is 0.0311. The number of hydrogen-bond donors (Lipinski definition) is 0. The second kappa shape index (κ2) is 12.2. The molecule has 6 aromatic carbocycles. The fraction of sp³-hybridized carbons (Fsp3) is 0.106. The fourth-order valence-corrected chi connectivity index (χ4v) is 7.62. The quantitative estimate of drug-likeness (QED) is 0.180. The lowest BCUT2D eigenvalue weighted by atomic mass is 9.82. The van der Waals surface area contributed by atoms with Crippen molar-refractivity contribution in [1.29, 1.82) is 0 Å². The molecule has 0 spiro atoms. The zero-order valence-corrected chi connectivity index (χ0v) is 27.8. The molecule has 0 amide bonds. The van der Waals surface area contributed by atoms with Gasteiger partial charge < -0.3 is 4.90 Å². The van der Waals surface area contributed by atoms with E-state index < -0.39 is 0 Å². The summed E-state index contributed by atoms with van der Waals surface area (Å²) in [6.07, 6.45) is 8.88. The van der Waals surface area contributed by atoms with Gasteiger partial charge in [0.25, 0.3) is 0 Å². The molecular formula is C47H39N. The molecule has 6 aromatic rings. The second-order valence-corrected chi connectivity index (χ2v) is 13.4. The van der Waals surface area contributed by atoms with Crippen LogP contribution in [0.25, 0.3) is 33.4 Å². The van der Waals surface area contributed by atoms with Gasteiger partial charge in [-0.05, 0) is 92.1 Å². The zero-order valence-electron chi connectivity index (χ0n) is 27.8. The molecule has 1 nitrogen and oxygen atoms in total. The first-order valence-electron chi connectivity index (χ1n) is 16.9. The Balaban J connectivity index is 1.25. The van der Waals surface area contributed by atoms with Gasteiger partial charge in [0.05, 0.1) is 0 Å². The van der Waals surface area contributed by atoms with Crippen molar-refractivity contribution in [2.24, 2.45) is 5.92 Å². The Bertz CT molecular complexity index is 2180. The average Bonchev–Trinajstić information content (AvgIpc) is 3.22. The van der Waals surface area contributed by atoms with Gasteiger partial charge in [-0.2, -0.15) is 0 Å². The summed E-state index contributed by atoms with van der Waals surface area (Å²) in [5, 5.41) is 0. The van der Waals surface area contributed by atoms with Crippen molar-refractivity contribution in [3.8, 4) is 22.3 Å². The van der Waals surface area contributed by atoms with Crippen LogP contribution < -0.4 is 4.90 Å². The number of fused-ring (bicyclic) bond motifs is 3. The van der Waals surface area contributed by atoms with Crippen LogP contribution in [0, 0.1) is 5.92 Å². The number of hydrogen-bond acceptors (Lipinski definition) is 1. The number of allylic oxidation sites excluding steroid dienone is 6. The van der Waals surface area contributed by atoms with E-state index in [1.165, 1.54) is 55.7 Å². The van der Waals surface area contributed by atoms with Crippen molar-refractivity contribution in [1.82, 2.24) is 0 Å². The Labute approximate surface area is 284 Å². The first-order chi connectivity index (χ1) is 23.5. The van der Waals surface area contributed by atoms with Crippen LogP contribution in [-0.4, -0.2) is 0 Å². The van der Waals surface area contributed by atoms with Gasteiger partial charge in [-0.15, -0.1) is 0 Å². The largest absolute Gasteiger partial charge is 0.310 e. The zero-order chi connectivity index (χ0) is 32.7. The van der Waals surface area contributed by atoms with Gasteiger partial charge in [-0.3, -0.25) is 0 Å².